The molecular formula is C25H31N3O4. The molecule has 170 valence electrons. The second-order valence-corrected chi connectivity index (χ2v) is 7.23. The van der Waals surface area contributed by atoms with Gasteiger partial charge >= 0.3 is 0 Å². The Labute approximate surface area is 189 Å². The smallest absolute Gasteiger partial charge is 0.251 e. The van der Waals surface area contributed by atoms with Gasteiger partial charge in [-0.3, -0.25) is 9.59 Å². The fraction of sp³-hybridized carbons (Fsp3) is 0.320. The van der Waals surface area contributed by atoms with Crippen LogP contribution in [-0.4, -0.2) is 38.8 Å². The summed E-state index contributed by atoms with van der Waals surface area (Å²) >= 11 is 0. The Kier molecular flexibility index (Phi) is 10.5. The van der Waals surface area contributed by atoms with Crippen molar-refractivity contribution in [3.8, 4) is 11.5 Å². The number of unbranched alkanes of at least 4 members (excludes halogenated alkanes) is 2. The number of nitrogens with zero attached hydrogens (tertiary/aromatic N) is 1. The number of benzene rings is 2. The quantitative estimate of drug-likeness (QED) is 0.296. The third kappa shape index (κ3) is 8.63. The predicted octanol–water partition coefficient (Wildman–Crippen LogP) is 4.20. The van der Waals surface area contributed by atoms with E-state index in [9.17, 15) is 9.59 Å². The van der Waals surface area contributed by atoms with Gasteiger partial charge in [-0.1, -0.05) is 42.8 Å². The summed E-state index contributed by atoms with van der Waals surface area (Å²) in [5, 5.41) is 6.87. The lowest BCUT2D eigenvalue weighted by molar-refractivity contribution is -0.121. The first kappa shape index (κ1) is 24.7. The van der Waals surface area contributed by atoms with Crippen LogP contribution in [0.15, 0.2) is 59.2 Å². The van der Waals surface area contributed by atoms with E-state index in [2.05, 4.69) is 15.8 Å². The molecule has 0 aromatic heterocycles. The van der Waals surface area contributed by atoms with E-state index in [1.807, 2.05) is 43.3 Å². The van der Waals surface area contributed by atoms with Gasteiger partial charge in [-0.25, -0.2) is 5.43 Å². The fourth-order valence-electron chi connectivity index (χ4n) is 2.98. The zero-order valence-electron chi connectivity index (χ0n) is 18.9. The van der Waals surface area contributed by atoms with Gasteiger partial charge in [0.1, 0.15) is 0 Å². The minimum absolute atomic E-state index is 0.122. The normalized spacial score (nSPS) is 11.3. The summed E-state index contributed by atoms with van der Waals surface area (Å²) in [7, 11) is 3.08. The molecule has 0 unspecified atom stereocenters. The maximum atomic E-state index is 12.2. The van der Waals surface area contributed by atoms with Crippen LogP contribution in [0, 0.1) is 0 Å². The first-order chi connectivity index (χ1) is 15.5. The maximum Gasteiger partial charge on any atom is 0.251 e. The molecule has 2 rings (SSSR count). The molecule has 0 atom stereocenters. The van der Waals surface area contributed by atoms with Crippen molar-refractivity contribution in [3.63, 3.8) is 0 Å². The number of amides is 2. The van der Waals surface area contributed by atoms with E-state index in [0.717, 1.165) is 30.4 Å². The highest BCUT2D eigenvalue weighted by Crippen LogP contribution is 2.27. The van der Waals surface area contributed by atoms with Crippen LogP contribution in [0.2, 0.25) is 0 Å². The number of carbonyl (C=O) groups excluding carboxylic acids is 2. The number of rotatable bonds is 12. The number of hydrazone groups is 1. The number of nitrogens with one attached hydrogen (secondary N) is 2. The number of allylic oxidation sites excluding steroid dienone is 1. The number of carbonyl (C=O) groups is 2. The Bertz CT molecular complexity index is 939. The van der Waals surface area contributed by atoms with Crippen LogP contribution >= 0.6 is 0 Å². The van der Waals surface area contributed by atoms with E-state index in [4.69, 9.17) is 9.47 Å². The second-order valence-electron chi connectivity index (χ2n) is 7.23. The van der Waals surface area contributed by atoms with Crippen molar-refractivity contribution in [1.82, 2.24) is 10.7 Å². The van der Waals surface area contributed by atoms with Crippen molar-refractivity contribution < 1.29 is 19.1 Å². The molecular weight excluding hydrogens is 406 g/mol. The molecule has 0 radical (unpaired) electrons. The van der Waals surface area contributed by atoms with Gasteiger partial charge in [0.25, 0.3) is 5.91 Å². The van der Waals surface area contributed by atoms with Crippen LogP contribution in [0.5, 0.6) is 11.5 Å². The van der Waals surface area contributed by atoms with Crippen LogP contribution in [0.25, 0.3) is 6.08 Å². The molecule has 0 aliphatic carbocycles. The highest BCUT2D eigenvalue weighted by atomic mass is 16.5. The van der Waals surface area contributed by atoms with E-state index < -0.39 is 0 Å². The molecule has 2 aromatic carbocycles. The van der Waals surface area contributed by atoms with Gasteiger partial charge in [0, 0.05) is 18.5 Å². The van der Waals surface area contributed by atoms with Crippen molar-refractivity contribution >= 4 is 24.1 Å². The van der Waals surface area contributed by atoms with E-state index >= 15 is 0 Å². The van der Waals surface area contributed by atoms with Crippen molar-refractivity contribution in [2.75, 3.05) is 20.8 Å². The molecule has 2 N–H and O–H groups in total. The number of hydrogen-bond acceptors (Lipinski definition) is 5. The lowest BCUT2D eigenvalue weighted by Crippen LogP contribution is -2.24. The zero-order chi connectivity index (χ0) is 23.2. The van der Waals surface area contributed by atoms with E-state index in [0.29, 0.717) is 30.0 Å². The SMILES string of the molecule is COc1ccc(C(=O)NCCCCCC(=O)NN=C/C(C)=C\c2ccccc2)cc1OC. The lowest BCUT2D eigenvalue weighted by atomic mass is 10.1. The summed E-state index contributed by atoms with van der Waals surface area (Å²) in [6.07, 6.45) is 6.36. The Morgan fingerprint density at radius 1 is 0.969 bits per heavy atom. The van der Waals surface area contributed by atoms with Crippen LogP contribution in [0.1, 0.15) is 48.5 Å². The van der Waals surface area contributed by atoms with Crippen LogP contribution in [0.4, 0.5) is 0 Å². The molecule has 0 bridgehead atoms. The van der Waals surface area contributed by atoms with Gasteiger partial charge in [0.15, 0.2) is 11.5 Å². The topological polar surface area (TPSA) is 89.0 Å². The third-order valence-corrected chi connectivity index (χ3v) is 4.66. The molecule has 0 aliphatic rings. The summed E-state index contributed by atoms with van der Waals surface area (Å²) in [5.41, 5.74) is 5.09. The molecule has 32 heavy (non-hydrogen) atoms. The standard InChI is InChI=1S/C25H31N3O4/c1-19(16-20-10-6-4-7-11-20)18-27-28-24(29)12-8-5-9-15-26-25(30)21-13-14-22(31-2)23(17-21)32-3/h4,6-7,10-11,13-14,16-18H,5,8-9,12,15H2,1-3H3,(H,26,30)(H,28,29)/b19-16-,27-18?. The summed E-state index contributed by atoms with van der Waals surface area (Å²) < 4.78 is 10.4. The molecule has 0 aliphatic heterocycles. The Morgan fingerprint density at radius 3 is 2.44 bits per heavy atom. The number of hydrogen-bond donors (Lipinski definition) is 2. The molecule has 0 fully saturated rings. The Morgan fingerprint density at radius 2 is 1.72 bits per heavy atom. The minimum Gasteiger partial charge on any atom is -0.493 e. The molecule has 0 heterocycles. The van der Waals surface area contributed by atoms with Crippen molar-refractivity contribution in [2.45, 2.75) is 32.6 Å². The lowest BCUT2D eigenvalue weighted by Gasteiger charge is -2.10. The second kappa shape index (κ2) is 13.6. The average molecular weight is 438 g/mol. The molecule has 2 amide bonds. The molecule has 0 saturated carbocycles. The van der Waals surface area contributed by atoms with E-state index in [-0.39, 0.29) is 11.8 Å². The monoisotopic (exact) mass is 437 g/mol. The summed E-state index contributed by atoms with van der Waals surface area (Å²) in [6.45, 7) is 2.47. The van der Waals surface area contributed by atoms with Gasteiger partial charge in [-0.2, -0.15) is 5.10 Å². The molecule has 0 saturated heterocycles. The summed E-state index contributed by atoms with van der Waals surface area (Å²) in [4.78, 5) is 24.1. The molecule has 7 heteroatoms. The molecule has 2 aromatic rings. The van der Waals surface area contributed by atoms with Crippen LogP contribution < -0.4 is 20.2 Å². The van der Waals surface area contributed by atoms with Gasteiger partial charge in [0.05, 0.1) is 20.4 Å². The summed E-state index contributed by atoms with van der Waals surface area (Å²) in [5.74, 6) is 0.800. The predicted molar refractivity (Wildman–Crippen MR) is 127 cm³/mol. The first-order valence-electron chi connectivity index (χ1n) is 10.6. The van der Waals surface area contributed by atoms with Crippen LogP contribution in [0.3, 0.4) is 0 Å². The zero-order valence-corrected chi connectivity index (χ0v) is 18.9. The fourth-order valence-corrected chi connectivity index (χ4v) is 2.98. The Balaban J connectivity index is 1.61. The van der Waals surface area contributed by atoms with Crippen LogP contribution in [-0.2, 0) is 4.79 Å². The molecule has 7 nitrogen and oxygen atoms in total. The van der Waals surface area contributed by atoms with E-state index in [1.165, 1.54) is 7.11 Å². The highest BCUT2D eigenvalue weighted by Gasteiger charge is 2.10. The summed E-state index contributed by atoms with van der Waals surface area (Å²) in [6, 6.07) is 15.0. The van der Waals surface area contributed by atoms with E-state index in [1.54, 1.807) is 31.5 Å². The average Bonchev–Trinajstić information content (AvgIpc) is 2.81. The largest absolute Gasteiger partial charge is 0.493 e. The van der Waals surface area contributed by atoms with Gasteiger partial charge in [0.2, 0.25) is 5.91 Å². The Hall–Kier alpha value is -3.61. The van der Waals surface area contributed by atoms with Gasteiger partial charge in [-0.15, -0.1) is 0 Å². The third-order valence-electron chi connectivity index (χ3n) is 4.66. The van der Waals surface area contributed by atoms with Gasteiger partial charge < -0.3 is 14.8 Å². The highest BCUT2D eigenvalue weighted by molar-refractivity contribution is 5.94. The number of methoxy groups -OCH3 is 2. The van der Waals surface area contributed by atoms with Crippen molar-refractivity contribution in [2.24, 2.45) is 5.10 Å². The maximum absolute atomic E-state index is 12.2. The number of ether oxygens (including phenoxy) is 2. The molecule has 0 spiro atoms. The van der Waals surface area contributed by atoms with Crippen molar-refractivity contribution in [1.29, 1.82) is 0 Å². The van der Waals surface area contributed by atoms with Gasteiger partial charge in [-0.05, 0) is 49.1 Å². The van der Waals surface area contributed by atoms with Crippen molar-refractivity contribution in [3.05, 3.63) is 65.2 Å². The first-order valence-corrected chi connectivity index (χ1v) is 10.6. The minimum atomic E-state index is -0.169.